The first-order valence-corrected chi connectivity index (χ1v) is 16.4. The van der Waals surface area contributed by atoms with Crippen LogP contribution in [0.15, 0.2) is 146 Å². The Morgan fingerprint density at radius 1 is 0.510 bits per heavy atom. The van der Waals surface area contributed by atoms with Crippen molar-refractivity contribution in [1.29, 1.82) is 5.26 Å². The number of ether oxygens (including phenoxy) is 2. The van der Waals surface area contributed by atoms with Gasteiger partial charge in [0.2, 0.25) is 0 Å². The maximum atomic E-state index is 9.49. The Morgan fingerprint density at radius 2 is 1.16 bits per heavy atom. The Labute approximate surface area is 285 Å². The van der Waals surface area contributed by atoms with Gasteiger partial charge in [-0.3, -0.25) is 0 Å². The summed E-state index contributed by atoms with van der Waals surface area (Å²) in [5.41, 5.74) is 12.9. The third-order valence-electron chi connectivity index (χ3n) is 9.76. The average Bonchev–Trinajstić information content (AvgIpc) is 3.40. The van der Waals surface area contributed by atoms with E-state index in [1.165, 1.54) is 16.7 Å². The van der Waals surface area contributed by atoms with E-state index in [1.807, 2.05) is 66.7 Å². The molecule has 0 unspecified atom stereocenters. The maximum Gasteiger partial charge on any atom is 0.178 e. The van der Waals surface area contributed by atoms with Crippen molar-refractivity contribution in [2.45, 2.75) is 19.3 Å². The monoisotopic (exact) mass is 630 g/mol. The summed E-state index contributed by atoms with van der Waals surface area (Å²) < 4.78 is 13.6. The Kier molecular flexibility index (Phi) is 6.50. The van der Waals surface area contributed by atoms with E-state index in [2.05, 4.69) is 98.8 Å². The van der Waals surface area contributed by atoms with Gasteiger partial charge < -0.3 is 9.47 Å². The highest BCUT2D eigenvalue weighted by atomic mass is 16.6. The highest BCUT2D eigenvalue weighted by molar-refractivity contribution is 5.89. The Bertz CT molecular complexity index is 2490. The average molecular weight is 631 g/mol. The van der Waals surface area contributed by atoms with Gasteiger partial charge in [0, 0.05) is 27.7 Å². The molecule has 6 aromatic carbocycles. The largest absolute Gasteiger partial charge is 0.449 e. The van der Waals surface area contributed by atoms with E-state index in [0.717, 1.165) is 56.1 Å². The van der Waals surface area contributed by atoms with E-state index in [9.17, 15) is 5.26 Å². The van der Waals surface area contributed by atoms with Crippen molar-refractivity contribution in [2.24, 2.45) is 0 Å². The molecule has 232 valence electrons. The number of pyridine rings is 1. The smallest absolute Gasteiger partial charge is 0.178 e. The summed E-state index contributed by atoms with van der Waals surface area (Å²) >= 11 is 0. The summed E-state index contributed by atoms with van der Waals surface area (Å²) in [4.78, 5) is 5.18. The minimum absolute atomic E-state index is 0.154. The zero-order chi connectivity index (χ0) is 33.1. The normalized spacial score (nSPS) is 13.2. The molecule has 0 atom stereocenters. The minimum Gasteiger partial charge on any atom is -0.449 e. The van der Waals surface area contributed by atoms with Crippen LogP contribution in [0, 0.1) is 11.3 Å². The molecule has 0 spiro atoms. The minimum atomic E-state index is -0.154. The first-order valence-electron chi connectivity index (χ1n) is 16.4. The van der Waals surface area contributed by atoms with Crippen LogP contribution in [0.5, 0.6) is 23.0 Å². The number of para-hydroxylation sites is 1. The van der Waals surface area contributed by atoms with Crippen molar-refractivity contribution in [1.82, 2.24) is 4.98 Å². The molecule has 0 saturated carbocycles. The van der Waals surface area contributed by atoms with Crippen LogP contribution >= 0.6 is 0 Å². The molecule has 0 fully saturated rings. The van der Waals surface area contributed by atoms with Gasteiger partial charge in [-0.15, -0.1) is 0 Å². The van der Waals surface area contributed by atoms with E-state index in [1.54, 1.807) is 0 Å². The van der Waals surface area contributed by atoms with Crippen LogP contribution in [-0.2, 0) is 5.41 Å². The van der Waals surface area contributed by atoms with Crippen molar-refractivity contribution >= 4 is 0 Å². The highest BCUT2D eigenvalue weighted by Crippen LogP contribution is 2.59. The Hall–Kier alpha value is -6.44. The zero-order valence-electron chi connectivity index (χ0n) is 27.1. The molecule has 2 aliphatic rings. The van der Waals surface area contributed by atoms with Crippen LogP contribution in [0.3, 0.4) is 0 Å². The van der Waals surface area contributed by atoms with Crippen LogP contribution in [0.25, 0.3) is 55.9 Å². The van der Waals surface area contributed by atoms with Crippen LogP contribution in [-0.4, -0.2) is 4.98 Å². The van der Waals surface area contributed by atoms with E-state index in [4.69, 9.17) is 14.5 Å². The Balaban J connectivity index is 1.20. The molecule has 1 aromatic heterocycles. The third kappa shape index (κ3) is 4.71. The second-order valence-corrected chi connectivity index (χ2v) is 13.1. The fourth-order valence-corrected chi connectivity index (χ4v) is 7.29. The van der Waals surface area contributed by atoms with E-state index < -0.39 is 0 Å². The number of hydrogen-bond acceptors (Lipinski definition) is 4. The van der Waals surface area contributed by atoms with Crippen molar-refractivity contribution < 1.29 is 9.47 Å². The number of fused-ring (bicyclic) bond motifs is 6. The molecule has 2 heterocycles. The predicted molar refractivity (Wildman–Crippen MR) is 195 cm³/mol. The number of nitriles is 1. The van der Waals surface area contributed by atoms with Crippen LogP contribution in [0.4, 0.5) is 0 Å². The molecule has 9 rings (SSSR count). The molecular formula is C45H30N2O2. The van der Waals surface area contributed by atoms with Gasteiger partial charge >= 0.3 is 0 Å². The lowest BCUT2D eigenvalue weighted by atomic mass is 9.82. The first kappa shape index (κ1) is 28.8. The molecule has 49 heavy (non-hydrogen) atoms. The van der Waals surface area contributed by atoms with Crippen molar-refractivity contribution in [3.05, 3.63) is 162 Å². The van der Waals surface area contributed by atoms with Crippen molar-refractivity contribution in [2.75, 3.05) is 0 Å². The molecule has 1 aliphatic heterocycles. The highest BCUT2D eigenvalue weighted by Gasteiger charge is 2.39. The zero-order valence-corrected chi connectivity index (χ0v) is 27.1. The van der Waals surface area contributed by atoms with Gasteiger partial charge in [0.05, 0.1) is 23.0 Å². The molecule has 0 bridgehead atoms. The van der Waals surface area contributed by atoms with E-state index in [-0.39, 0.29) is 5.41 Å². The molecule has 0 saturated heterocycles. The van der Waals surface area contributed by atoms with Crippen molar-refractivity contribution in [3.63, 3.8) is 0 Å². The molecule has 4 heteroatoms. The lowest BCUT2D eigenvalue weighted by Crippen LogP contribution is -2.15. The van der Waals surface area contributed by atoms with Crippen molar-refractivity contribution in [3.8, 4) is 85.0 Å². The summed E-state index contributed by atoms with van der Waals surface area (Å²) in [5, 5.41) is 9.49. The summed E-state index contributed by atoms with van der Waals surface area (Å²) in [6, 6.07) is 51.6. The van der Waals surface area contributed by atoms with Crippen LogP contribution in [0.2, 0.25) is 0 Å². The molecule has 7 aromatic rings. The SMILES string of the molecule is CC1(C)c2ccccc2-c2c1ccc1c2Oc2c(cccc2-c2cc(-c3ccccc3)nc(-c3cccc(-c4cccc(C#N)c4)c3)c2)O1. The van der Waals surface area contributed by atoms with Gasteiger partial charge in [0.1, 0.15) is 0 Å². The first-order chi connectivity index (χ1) is 24.0. The summed E-state index contributed by atoms with van der Waals surface area (Å²) in [6.07, 6.45) is 0. The molecule has 0 N–H and O–H groups in total. The summed E-state index contributed by atoms with van der Waals surface area (Å²) in [6.45, 7) is 4.54. The molecular weight excluding hydrogens is 601 g/mol. The fraction of sp³-hybridized carbons (Fsp3) is 0.0667. The number of benzene rings is 6. The number of nitrogens with zero attached hydrogens (tertiary/aromatic N) is 2. The summed E-state index contributed by atoms with van der Waals surface area (Å²) in [7, 11) is 0. The maximum absolute atomic E-state index is 9.49. The fourth-order valence-electron chi connectivity index (χ4n) is 7.29. The van der Waals surface area contributed by atoms with Crippen LogP contribution in [0.1, 0.15) is 30.5 Å². The van der Waals surface area contributed by atoms with Gasteiger partial charge in [0.25, 0.3) is 0 Å². The van der Waals surface area contributed by atoms with E-state index in [0.29, 0.717) is 22.8 Å². The predicted octanol–water partition coefficient (Wildman–Crippen LogP) is 11.8. The molecule has 0 radical (unpaired) electrons. The quantitative estimate of drug-likeness (QED) is 0.194. The lowest BCUT2D eigenvalue weighted by Gasteiger charge is -2.26. The second kappa shape index (κ2) is 11.1. The lowest BCUT2D eigenvalue weighted by molar-refractivity contribution is 0.361. The molecule has 4 nitrogen and oxygen atoms in total. The van der Waals surface area contributed by atoms with Gasteiger partial charge in [0.15, 0.2) is 23.0 Å². The van der Waals surface area contributed by atoms with Gasteiger partial charge in [-0.1, -0.05) is 117 Å². The molecule has 1 aliphatic carbocycles. The van der Waals surface area contributed by atoms with E-state index >= 15 is 0 Å². The number of aromatic nitrogens is 1. The summed E-state index contributed by atoms with van der Waals surface area (Å²) in [5.74, 6) is 2.83. The van der Waals surface area contributed by atoms with Crippen LogP contribution < -0.4 is 9.47 Å². The number of hydrogen-bond donors (Lipinski definition) is 0. The van der Waals surface area contributed by atoms with Gasteiger partial charge in [-0.05, 0) is 75.8 Å². The van der Waals surface area contributed by atoms with Gasteiger partial charge in [-0.25, -0.2) is 4.98 Å². The molecule has 0 amide bonds. The topological polar surface area (TPSA) is 55.1 Å². The van der Waals surface area contributed by atoms with Gasteiger partial charge in [-0.2, -0.15) is 5.26 Å². The Morgan fingerprint density at radius 3 is 2.00 bits per heavy atom. The standard InChI is InChI=1S/C45H30N2O2/c1-45(2)36-19-7-6-17-35(36)42-37(45)21-22-41-44(42)49-43-34(18-10-20-40(43)48-41)33-25-38(29-12-4-3-5-13-29)47-39(26-33)32-16-9-15-31(24-32)30-14-8-11-28(23-30)27-46/h3-26H,1-2H3. The second-order valence-electron chi connectivity index (χ2n) is 13.1. The third-order valence-corrected chi connectivity index (χ3v) is 9.76. The number of rotatable bonds is 4.